The molecule has 1 saturated carbocycles. The van der Waals surface area contributed by atoms with Gasteiger partial charge in [-0.15, -0.1) is 0 Å². The highest BCUT2D eigenvalue weighted by Gasteiger charge is 2.25. The minimum absolute atomic E-state index is 0.0382. The van der Waals surface area contributed by atoms with Crippen LogP contribution in [0.25, 0.3) is 11.0 Å². The average molecular weight is 330 g/mol. The first kappa shape index (κ1) is 16.7. The van der Waals surface area contributed by atoms with E-state index in [0.717, 1.165) is 17.8 Å². The molecule has 0 unspecified atom stereocenters. The molecule has 2 aromatic heterocycles. The number of carbonyl (C=O) groups is 1. The smallest absolute Gasteiger partial charge is 0.258 e. The Bertz CT molecular complexity index is 732. The molecule has 0 spiro atoms. The maximum atomic E-state index is 12.9. The number of amides is 1. The second-order valence-corrected chi connectivity index (χ2v) is 7.02. The molecule has 0 N–H and O–H groups in total. The molecule has 1 aliphatic carbocycles. The summed E-state index contributed by atoms with van der Waals surface area (Å²) >= 11 is 0. The van der Waals surface area contributed by atoms with Gasteiger partial charge >= 0.3 is 0 Å². The van der Waals surface area contributed by atoms with Gasteiger partial charge < -0.3 is 9.64 Å². The van der Waals surface area contributed by atoms with E-state index in [9.17, 15) is 4.79 Å². The van der Waals surface area contributed by atoms with Crippen LogP contribution in [0.4, 0.5) is 0 Å². The van der Waals surface area contributed by atoms with Crippen LogP contribution in [-0.2, 0) is 7.05 Å². The molecule has 0 atom stereocenters. The number of aryl methyl sites for hydroxylation is 1. The van der Waals surface area contributed by atoms with E-state index in [2.05, 4.69) is 17.0 Å². The van der Waals surface area contributed by atoms with Crippen molar-refractivity contribution in [2.24, 2.45) is 18.9 Å². The van der Waals surface area contributed by atoms with Gasteiger partial charge in [0.05, 0.1) is 18.7 Å². The van der Waals surface area contributed by atoms with E-state index in [1.165, 1.54) is 25.7 Å². The zero-order valence-corrected chi connectivity index (χ0v) is 15.0. The van der Waals surface area contributed by atoms with Crippen LogP contribution in [0.2, 0.25) is 0 Å². The van der Waals surface area contributed by atoms with E-state index in [1.54, 1.807) is 24.2 Å². The second kappa shape index (κ2) is 6.79. The lowest BCUT2D eigenvalue weighted by Gasteiger charge is -2.30. The fourth-order valence-corrected chi connectivity index (χ4v) is 3.63. The molecule has 1 aliphatic rings. The lowest BCUT2D eigenvalue weighted by molar-refractivity contribution is 0.0751. The van der Waals surface area contributed by atoms with Crippen LogP contribution in [0.3, 0.4) is 0 Å². The molecule has 0 aromatic carbocycles. The van der Waals surface area contributed by atoms with Gasteiger partial charge in [-0.3, -0.25) is 9.48 Å². The van der Waals surface area contributed by atoms with E-state index in [-0.39, 0.29) is 5.91 Å². The molecule has 1 fully saturated rings. The Labute approximate surface area is 142 Å². The standard InChI is InChI=1S/C18H26N4O2/c1-12-5-7-13(8-6-12)11-21(2)18(23)15-9-19-17-14(16(15)24-4)10-20-22(17)3/h9-10,12-13H,5-8,11H2,1-4H3. The molecular weight excluding hydrogens is 304 g/mol. The lowest BCUT2D eigenvalue weighted by atomic mass is 9.83. The Morgan fingerprint density at radius 3 is 2.71 bits per heavy atom. The Balaban J connectivity index is 1.80. The van der Waals surface area contributed by atoms with Gasteiger partial charge in [0.25, 0.3) is 5.91 Å². The van der Waals surface area contributed by atoms with Crippen LogP contribution < -0.4 is 4.74 Å². The molecule has 6 nitrogen and oxygen atoms in total. The largest absolute Gasteiger partial charge is 0.495 e. The predicted molar refractivity (Wildman–Crippen MR) is 93.1 cm³/mol. The number of aromatic nitrogens is 3. The number of carbonyl (C=O) groups excluding carboxylic acids is 1. The first-order chi connectivity index (χ1) is 11.5. The summed E-state index contributed by atoms with van der Waals surface area (Å²) < 4.78 is 7.19. The van der Waals surface area contributed by atoms with Crippen LogP contribution in [0.5, 0.6) is 5.75 Å². The third kappa shape index (κ3) is 3.09. The van der Waals surface area contributed by atoms with Gasteiger partial charge in [-0.1, -0.05) is 19.8 Å². The Morgan fingerprint density at radius 2 is 2.04 bits per heavy atom. The second-order valence-electron chi connectivity index (χ2n) is 7.02. The molecule has 1 amide bonds. The zero-order valence-electron chi connectivity index (χ0n) is 15.0. The summed E-state index contributed by atoms with van der Waals surface area (Å²) in [5.41, 5.74) is 1.22. The van der Waals surface area contributed by atoms with Gasteiger partial charge in [0, 0.05) is 26.8 Å². The van der Waals surface area contributed by atoms with Crippen molar-refractivity contribution in [1.29, 1.82) is 0 Å². The van der Waals surface area contributed by atoms with Crippen molar-refractivity contribution in [1.82, 2.24) is 19.7 Å². The van der Waals surface area contributed by atoms with Crippen LogP contribution >= 0.6 is 0 Å². The van der Waals surface area contributed by atoms with Crippen molar-refractivity contribution in [3.05, 3.63) is 18.0 Å². The van der Waals surface area contributed by atoms with Crippen molar-refractivity contribution < 1.29 is 9.53 Å². The van der Waals surface area contributed by atoms with Gasteiger partial charge in [0.15, 0.2) is 5.65 Å². The Kier molecular flexibility index (Phi) is 4.73. The maximum absolute atomic E-state index is 12.9. The highest BCUT2D eigenvalue weighted by molar-refractivity contribution is 6.01. The maximum Gasteiger partial charge on any atom is 0.258 e. The van der Waals surface area contributed by atoms with Gasteiger partial charge in [-0.05, 0) is 24.7 Å². The summed E-state index contributed by atoms with van der Waals surface area (Å²) in [6, 6.07) is 0. The molecular formula is C18H26N4O2. The number of fused-ring (bicyclic) bond motifs is 1. The number of methoxy groups -OCH3 is 1. The third-order valence-electron chi connectivity index (χ3n) is 5.16. The quantitative estimate of drug-likeness (QED) is 0.865. The molecule has 6 heteroatoms. The molecule has 2 aromatic rings. The van der Waals surface area contributed by atoms with E-state index in [4.69, 9.17) is 4.74 Å². The normalized spacial score (nSPS) is 21.0. The third-order valence-corrected chi connectivity index (χ3v) is 5.16. The SMILES string of the molecule is COc1c(C(=O)N(C)CC2CCC(C)CC2)cnc2c1cnn2C. The number of ether oxygens (including phenoxy) is 1. The van der Waals surface area contributed by atoms with E-state index < -0.39 is 0 Å². The summed E-state index contributed by atoms with van der Waals surface area (Å²) in [4.78, 5) is 19.1. The highest BCUT2D eigenvalue weighted by Crippen LogP contribution is 2.31. The van der Waals surface area contributed by atoms with Crippen molar-refractivity contribution in [3.8, 4) is 5.75 Å². The predicted octanol–water partition coefficient (Wildman–Crippen LogP) is 2.88. The fraction of sp³-hybridized carbons (Fsp3) is 0.611. The minimum atomic E-state index is -0.0382. The zero-order chi connectivity index (χ0) is 17.3. The Morgan fingerprint density at radius 1 is 1.33 bits per heavy atom. The summed E-state index contributed by atoms with van der Waals surface area (Å²) in [5.74, 6) is 1.93. The number of rotatable bonds is 4. The van der Waals surface area contributed by atoms with Gasteiger partial charge in [-0.2, -0.15) is 5.10 Å². The number of hydrogen-bond acceptors (Lipinski definition) is 4. The van der Waals surface area contributed by atoms with E-state index in [0.29, 0.717) is 22.9 Å². The van der Waals surface area contributed by atoms with Gasteiger partial charge in [-0.25, -0.2) is 4.98 Å². The van der Waals surface area contributed by atoms with Crippen LogP contribution in [-0.4, -0.2) is 46.3 Å². The van der Waals surface area contributed by atoms with Crippen LogP contribution in [0.15, 0.2) is 12.4 Å². The van der Waals surface area contributed by atoms with Crippen molar-refractivity contribution in [3.63, 3.8) is 0 Å². The molecule has 0 aliphatic heterocycles. The average Bonchev–Trinajstić information content (AvgIpc) is 2.96. The van der Waals surface area contributed by atoms with Gasteiger partial charge in [0.2, 0.25) is 0 Å². The fourth-order valence-electron chi connectivity index (χ4n) is 3.63. The van der Waals surface area contributed by atoms with Gasteiger partial charge in [0.1, 0.15) is 11.3 Å². The molecule has 130 valence electrons. The first-order valence-electron chi connectivity index (χ1n) is 8.61. The summed E-state index contributed by atoms with van der Waals surface area (Å²) in [7, 11) is 5.28. The number of hydrogen-bond donors (Lipinski definition) is 0. The topological polar surface area (TPSA) is 60.2 Å². The van der Waals surface area contributed by atoms with E-state index >= 15 is 0 Å². The van der Waals surface area contributed by atoms with Crippen LogP contribution in [0.1, 0.15) is 43.0 Å². The molecule has 0 radical (unpaired) electrons. The summed E-state index contributed by atoms with van der Waals surface area (Å²) in [6.07, 6.45) is 8.23. The van der Waals surface area contributed by atoms with Crippen molar-refractivity contribution in [2.75, 3.05) is 20.7 Å². The van der Waals surface area contributed by atoms with Crippen molar-refractivity contribution in [2.45, 2.75) is 32.6 Å². The summed E-state index contributed by atoms with van der Waals surface area (Å²) in [6.45, 7) is 3.10. The number of nitrogens with zero attached hydrogens (tertiary/aromatic N) is 4. The first-order valence-corrected chi connectivity index (χ1v) is 8.61. The van der Waals surface area contributed by atoms with Crippen LogP contribution in [0, 0.1) is 11.8 Å². The molecule has 3 rings (SSSR count). The molecule has 0 bridgehead atoms. The monoisotopic (exact) mass is 330 g/mol. The number of pyridine rings is 1. The highest BCUT2D eigenvalue weighted by atomic mass is 16.5. The van der Waals surface area contributed by atoms with Crippen molar-refractivity contribution >= 4 is 16.9 Å². The summed E-state index contributed by atoms with van der Waals surface area (Å²) in [5, 5.41) is 4.97. The molecule has 2 heterocycles. The van der Waals surface area contributed by atoms with E-state index in [1.807, 2.05) is 19.0 Å². The minimum Gasteiger partial charge on any atom is -0.495 e. The molecule has 24 heavy (non-hydrogen) atoms. The molecule has 0 saturated heterocycles. The Hall–Kier alpha value is -2.11. The lowest BCUT2D eigenvalue weighted by Crippen LogP contribution is -2.33.